The zero-order valence-electron chi connectivity index (χ0n) is 21.2. The fraction of sp³-hybridized carbons (Fsp3) is 0.345. The number of amides is 1. The molecule has 4 atom stereocenters. The highest BCUT2D eigenvalue weighted by Crippen LogP contribution is 2.58. The first-order valence-corrected chi connectivity index (χ1v) is 13.8. The summed E-state index contributed by atoms with van der Waals surface area (Å²) in [5.74, 6) is 0.149. The van der Waals surface area contributed by atoms with Gasteiger partial charge in [0.15, 0.2) is 17.0 Å². The molecule has 3 aliphatic heterocycles. The predicted octanol–water partition coefficient (Wildman–Crippen LogP) is 6.03. The third kappa shape index (κ3) is 4.04. The normalized spacial score (nSPS) is 25.4. The minimum Gasteiger partial charge on any atom is -0.490 e. The van der Waals surface area contributed by atoms with E-state index in [9.17, 15) is 14.9 Å². The number of hydrogen-bond acceptors (Lipinski definition) is 6. The van der Waals surface area contributed by atoms with Crippen molar-refractivity contribution in [2.24, 2.45) is 0 Å². The number of benzene rings is 3. The van der Waals surface area contributed by atoms with Crippen LogP contribution in [0.5, 0.6) is 11.5 Å². The van der Waals surface area contributed by atoms with Crippen molar-refractivity contribution < 1.29 is 19.2 Å². The Balaban J connectivity index is 1.40. The number of fused-ring (bicyclic) bond motifs is 4. The number of para-hydroxylation sites is 1. The molecular formula is C29H27Cl2N3O5. The van der Waals surface area contributed by atoms with E-state index in [1.54, 1.807) is 24.3 Å². The van der Waals surface area contributed by atoms with Gasteiger partial charge in [-0.2, -0.15) is 0 Å². The highest BCUT2D eigenvalue weighted by Gasteiger charge is 2.73. The van der Waals surface area contributed by atoms with E-state index in [0.717, 1.165) is 24.0 Å². The summed E-state index contributed by atoms with van der Waals surface area (Å²) < 4.78 is 12.0. The number of nitrogens with zero attached hydrogens (tertiary/aromatic N) is 2. The SMILES string of the molecule is CCOc1cc([C@@H]2[C@@H]3CCCN3[C@@]3(C(=O)Nc4ccccc43)[C@@H]2[N+](=O)[O-])ccc1OCc1ccc(Cl)cc1Cl. The Bertz CT molecular complexity index is 1470. The first-order chi connectivity index (χ1) is 18.9. The third-order valence-corrected chi connectivity index (χ3v) is 8.73. The maximum absolute atomic E-state index is 13.7. The molecule has 3 aliphatic rings. The molecule has 2 saturated heterocycles. The fourth-order valence-electron chi connectivity index (χ4n) is 6.69. The molecule has 1 spiro atoms. The van der Waals surface area contributed by atoms with Crippen LogP contribution in [0.4, 0.5) is 5.69 Å². The minimum atomic E-state index is -1.36. The van der Waals surface area contributed by atoms with E-state index in [1.165, 1.54) is 0 Å². The highest BCUT2D eigenvalue weighted by atomic mass is 35.5. The number of ether oxygens (including phenoxy) is 2. The van der Waals surface area contributed by atoms with Crippen molar-refractivity contribution in [1.29, 1.82) is 0 Å². The van der Waals surface area contributed by atoms with Crippen LogP contribution < -0.4 is 14.8 Å². The summed E-state index contributed by atoms with van der Waals surface area (Å²) in [5, 5.41) is 16.8. The van der Waals surface area contributed by atoms with Crippen molar-refractivity contribution >= 4 is 34.8 Å². The molecule has 6 rings (SSSR count). The van der Waals surface area contributed by atoms with Gasteiger partial charge in [-0.1, -0.05) is 53.5 Å². The predicted molar refractivity (Wildman–Crippen MR) is 148 cm³/mol. The number of carbonyl (C=O) groups is 1. The second-order valence-electron chi connectivity index (χ2n) is 10.1. The Morgan fingerprint density at radius 2 is 1.92 bits per heavy atom. The standard InChI is InChI=1S/C29H27Cl2N3O5/c1-2-38-25-14-17(10-12-24(25)39-16-18-9-11-19(30)15-21(18)31)26-23-8-5-13-33(23)29(27(26)34(36)37)20-6-3-4-7-22(20)32-28(29)35/h3-4,6-7,9-12,14-15,23,26-27H,2,5,8,13,16H2,1H3,(H,32,35)/t23-,26+,27+,29+/m0/s1. The quantitative estimate of drug-likeness (QED) is 0.277. The molecular weight excluding hydrogens is 541 g/mol. The van der Waals surface area contributed by atoms with Crippen molar-refractivity contribution in [3.05, 3.63) is 97.5 Å². The monoisotopic (exact) mass is 567 g/mol. The lowest BCUT2D eigenvalue weighted by Crippen LogP contribution is -2.55. The van der Waals surface area contributed by atoms with Crippen molar-refractivity contribution in [2.75, 3.05) is 18.5 Å². The summed E-state index contributed by atoms with van der Waals surface area (Å²) in [7, 11) is 0. The van der Waals surface area contributed by atoms with Crippen LogP contribution in [0.3, 0.4) is 0 Å². The molecule has 3 aromatic rings. The molecule has 0 radical (unpaired) electrons. The molecule has 3 heterocycles. The van der Waals surface area contributed by atoms with E-state index in [4.69, 9.17) is 32.7 Å². The van der Waals surface area contributed by atoms with Gasteiger partial charge in [0.25, 0.3) is 11.9 Å². The zero-order chi connectivity index (χ0) is 27.3. The van der Waals surface area contributed by atoms with E-state index in [1.807, 2.05) is 43.3 Å². The van der Waals surface area contributed by atoms with Gasteiger partial charge in [0, 0.05) is 44.4 Å². The molecule has 0 bridgehead atoms. The molecule has 202 valence electrons. The summed E-state index contributed by atoms with van der Waals surface area (Å²) in [5.41, 5.74) is 1.48. The summed E-state index contributed by atoms with van der Waals surface area (Å²) in [6.07, 6.45) is 1.63. The van der Waals surface area contributed by atoms with Crippen LogP contribution in [-0.2, 0) is 16.9 Å². The summed E-state index contributed by atoms with van der Waals surface area (Å²) in [6, 6.07) is 16.7. The van der Waals surface area contributed by atoms with E-state index in [0.29, 0.717) is 45.9 Å². The van der Waals surface area contributed by atoms with Crippen molar-refractivity contribution in [1.82, 2.24) is 4.90 Å². The Kier molecular flexibility index (Phi) is 6.65. The Morgan fingerprint density at radius 3 is 2.69 bits per heavy atom. The Morgan fingerprint density at radius 1 is 1.10 bits per heavy atom. The van der Waals surface area contributed by atoms with Crippen molar-refractivity contribution in [2.45, 2.75) is 49.9 Å². The molecule has 3 aromatic carbocycles. The van der Waals surface area contributed by atoms with Gasteiger partial charge in [0.05, 0.1) is 12.5 Å². The van der Waals surface area contributed by atoms with Crippen LogP contribution >= 0.6 is 23.2 Å². The molecule has 1 N–H and O–H groups in total. The van der Waals surface area contributed by atoms with Gasteiger partial charge in [-0.25, -0.2) is 0 Å². The lowest BCUT2D eigenvalue weighted by atomic mass is 9.77. The van der Waals surface area contributed by atoms with Crippen LogP contribution in [-0.4, -0.2) is 41.0 Å². The van der Waals surface area contributed by atoms with Gasteiger partial charge in [-0.15, -0.1) is 0 Å². The van der Waals surface area contributed by atoms with Gasteiger partial charge >= 0.3 is 0 Å². The van der Waals surface area contributed by atoms with Gasteiger partial charge in [-0.05, 0) is 55.7 Å². The number of hydrogen-bond donors (Lipinski definition) is 1. The van der Waals surface area contributed by atoms with Crippen LogP contribution in [0, 0.1) is 10.1 Å². The number of nitrogens with one attached hydrogen (secondary N) is 1. The van der Waals surface area contributed by atoms with Gasteiger partial charge in [0.1, 0.15) is 6.61 Å². The smallest absolute Gasteiger partial charge is 0.256 e. The first-order valence-electron chi connectivity index (χ1n) is 13.0. The molecule has 10 heteroatoms. The van der Waals surface area contributed by atoms with E-state index in [-0.39, 0.29) is 23.5 Å². The molecule has 2 fully saturated rings. The average molecular weight is 568 g/mol. The lowest BCUT2D eigenvalue weighted by Gasteiger charge is -2.32. The molecule has 39 heavy (non-hydrogen) atoms. The van der Waals surface area contributed by atoms with Crippen molar-refractivity contribution in [3.8, 4) is 11.5 Å². The number of nitro groups is 1. The molecule has 0 unspecified atom stereocenters. The Hall–Kier alpha value is -3.33. The topological polar surface area (TPSA) is 93.9 Å². The summed E-state index contributed by atoms with van der Waals surface area (Å²) in [6.45, 7) is 3.08. The molecule has 0 aliphatic carbocycles. The molecule has 0 aromatic heterocycles. The summed E-state index contributed by atoms with van der Waals surface area (Å²) >= 11 is 12.3. The number of halogens is 2. The first kappa shape index (κ1) is 25.9. The van der Waals surface area contributed by atoms with E-state index in [2.05, 4.69) is 10.2 Å². The minimum absolute atomic E-state index is 0.161. The van der Waals surface area contributed by atoms with Crippen LogP contribution in [0.25, 0.3) is 0 Å². The lowest BCUT2D eigenvalue weighted by molar-refractivity contribution is -0.534. The maximum atomic E-state index is 13.7. The van der Waals surface area contributed by atoms with Gasteiger partial charge in [0.2, 0.25) is 0 Å². The Labute approximate surface area is 236 Å². The summed E-state index contributed by atoms with van der Waals surface area (Å²) in [4.78, 5) is 28.3. The maximum Gasteiger partial charge on any atom is 0.256 e. The van der Waals surface area contributed by atoms with E-state index >= 15 is 0 Å². The molecule has 0 saturated carbocycles. The van der Waals surface area contributed by atoms with Crippen LogP contribution in [0.2, 0.25) is 10.0 Å². The second-order valence-corrected chi connectivity index (χ2v) is 10.9. The fourth-order valence-corrected chi connectivity index (χ4v) is 7.15. The second kappa shape index (κ2) is 10.0. The average Bonchev–Trinajstić information content (AvgIpc) is 3.57. The number of carbonyl (C=O) groups excluding carboxylic acids is 1. The number of rotatable bonds is 7. The molecule has 1 amide bonds. The highest BCUT2D eigenvalue weighted by molar-refractivity contribution is 6.35. The zero-order valence-corrected chi connectivity index (χ0v) is 22.7. The number of anilines is 1. The van der Waals surface area contributed by atoms with Crippen LogP contribution in [0.15, 0.2) is 60.7 Å². The largest absolute Gasteiger partial charge is 0.490 e. The van der Waals surface area contributed by atoms with Crippen LogP contribution in [0.1, 0.15) is 42.4 Å². The third-order valence-electron chi connectivity index (χ3n) is 8.14. The van der Waals surface area contributed by atoms with E-state index < -0.39 is 17.5 Å². The molecule has 8 nitrogen and oxygen atoms in total. The van der Waals surface area contributed by atoms with Gasteiger partial charge in [-0.3, -0.25) is 19.8 Å². The van der Waals surface area contributed by atoms with Gasteiger partial charge < -0.3 is 14.8 Å². The van der Waals surface area contributed by atoms with Crippen molar-refractivity contribution in [3.63, 3.8) is 0 Å².